The first kappa shape index (κ1) is 13.4. The number of nitrogens with one attached hydrogen (secondary N) is 1. The SMILES string of the molecule is Clc1ccccc1CNC1CCC2(CC1)OCCO2. The fourth-order valence-electron chi connectivity index (χ4n) is 2.94. The van der Waals surface area contributed by atoms with Crippen molar-refractivity contribution in [3.05, 3.63) is 34.9 Å². The number of hydrogen-bond acceptors (Lipinski definition) is 3. The van der Waals surface area contributed by atoms with Crippen LogP contribution in [-0.2, 0) is 16.0 Å². The standard InChI is InChI=1S/C15H20ClNO2/c16-14-4-2-1-3-12(14)11-17-13-5-7-15(8-6-13)18-9-10-19-15/h1-4,13,17H,5-11H2. The minimum Gasteiger partial charge on any atom is -0.348 e. The molecule has 4 heteroatoms. The number of benzene rings is 1. The Labute approximate surface area is 119 Å². The topological polar surface area (TPSA) is 30.5 Å². The van der Waals surface area contributed by atoms with Crippen molar-refractivity contribution in [2.24, 2.45) is 0 Å². The fourth-order valence-corrected chi connectivity index (χ4v) is 3.15. The van der Waals surface area contributed by atoms with E-state index in [4.69, 9.17) is 21.1 Å². The summed E-state index contributed by atoms with van der Waals surface area (Å²) in [5, 5.41) is 4.43. The highest BCUT2D eigenvalue weighted by molar-refractivity contribution is 6.31. The predicted octanol–water partition coefficient (Wildman–Crippen LogP) is 3.12. The fraction of sp³-hybridized carbons (Fsp3) is 0.600. The van der Waals surface area contributed by atoms with Crippen LogP contribution in [0, 0.1) is 0 Å². The molecule has 1 aromatic carbocycles. The third-order valence-corrected chi connectivity index (χ3v) is 4.47. The third kappa shape index (κ3) is 3.11. The number of halogens is 1. The van der Waals surface area contributed by atoms with Gasteiger partial charge < -0.3 is 14.8 Å². The van der Waals surface area contributed by atoms with Crippen LogP contribution in [0.15, 0.2) is 24.3 Å². The Balaban J connectivity index is 1.49. The summed E-state index contributed by atoms with van der Waals surface area (Å²) in [6, 6.07) is 8.54. The van der Waals surface area contributed by atoms with Gasteiger partial charge in [0.15, 0.2) is 5.79 Å². The predicted molar refractivity (Wildman–Crippen MR) is 75.2 cm³/mol. The van der Waals surface area contributed by atoms with Crippen LogP contribution in [0.25, 0.3) is 0 Å². The summed E-state index contributed by atoms with van der Waals surface area (Å²) >= 11 is 6.16. The molecule has 0 amide bonds. The molecule has 0 unspecified atom stereocenters. The van der Waals surface area contributed by atoms with Crippen molar-refractivity contribution in [3.8, 4) is 0 Å². The lowest BCUT2D eigenvalue weighted by Gasteiger charge is -2.35. The van der Waals surface area contributed by atoms with E-state index in [1.54, 1.807) is 0 Å². The molecule has 3 nitrogen and oxygen atoms in total. The van der Waals surface area contributed by atoms with Gasteiger partial charge in [0.05, 0.1) is 13.2 Å². The molecule has 2 fully saturated rings. The van der Waals surface area contributed by atoms with Crippen molar-refractivity contribution in [3.63, 3.8) is 0 Å². The van der Waals surface area contributed by atoms with Crippen LogP contribution in [0.3, 0.4) is 0 Å². The monoisotopic (exact) mass is 281 g/mol. The number of hydrogen-bond donors (Lipinski definition) is 1. The second-order valence-corrected chi connectivity index (χ2v) is 5.76. The average molecular weight is 282 g/mol. The van der Waals surface area contributed by atoms with Gasteiger partial charge in [-0.2, -0.15) is 0 Å². The molecule has 1 aliphatic heterocycles. The number of ether oxygens (including phenoxy) is 2. The zero-order valence-electron chi connectivity index (χ0n) is 11.0. The summed E-state index contributed by atoms with van der Waals surface area (Å²) in [6.45, 7) is 2.33. The molecule has 0 radical (unpaired) electrons. The average Bonchev–Trinajstić information content (AvgIpc) is 2.88. The molecule has 0 aromatic heterocycles. The maximum atomic E-state index is 6.16. The maximum absolute atomic E-state index is 6.16. The van der Waals surface area contributed by atoms with Gasteiger partial charge >= 0.3 is 0 Å². The Kier molecular flexibility index (Phi) is 4.08. The summed E-state index contributed by atoms with van der Waals surface area (Å²) in [5.74, 6) is -0.261. The lowest BCUT2D eigenvalue weighted by molar-refractivity contribution is -0.179. The summed E-state index contributed by atoms with van der Waals surface area (Å²) in [5.41, 5.74) is 1.16. The van der Waals surface area contributed by atoms with Gasteiger partial charge in [-0.15, -0.1) is 0 Å². The Morgan fingerprint density at radius 1 is 1.16 bits per heavy atom. The maximum Gasteiger partial charge on any atom is 0.168 e. The largest absolute Gasteiger partial charge is 0.348 e. The second kappa shape index (κ2) is 5.80. The van der Waals surface area contributed by atoms with Crippen molar-refractivity contribution in [1.29, 1.82) is 0 Å². The molecule has 0 atom stereocenters. The van der Waals surface area contributed by atoms with E-state index in [9.17, 15) is 0 Å². The summed E-state index contributed by atoms with van der Waals surface area (Å²) in [4.78, 5) is 0. The zero-order valence-corrected chi connectivity index (χ0v) is 11.8. The quantitative estimate of drug-likeness (QED) is 0.923. The van der Waals surface area contributed by atoms with E-state index in [1.807, 2.05) is 18.2 Å². The summed E-state index contributed by atoms with van der Waals surface area (Å²) < 4.78 is 11.5. The molecular weight excluding hydrogens is 262 g/mol. The highest BCUT2D eigenvalue weighted by Crippen LogP contribution is 2.35. The van der Waals surface area contributed by atoms with Crippen molar-refractivity contribution < 1.29 is 9.47 Å². The Bertz CT molecular complexity index is 422. The minimum absolute atomic E-state index is 0.261. The van der Waals surface area contributed by atoms with Crippen LogP contribution >= 0.6 is 11.6 Å². The summed E-state index contributed by atoms with van der Waals surface area (Å²) in [6.07, 6.45) is 4.19. The molecule has 1 N–H and O–H groups in total. The van der Waals surface area contributed by atoms with Gasteiger partial charge in [-0.3, -0.25) is 0 Å². The van der Waals surface area contributed by atoms with Gasteiger partial charge in [0, 0.05) is 30.5 Å². The lowest BCUT2D eigenvalue weighted by Crippen LogP contribution is -2.41. The Morgan fingerprint density at radius 3 is 2.53 bits per heavy atom. The van der Waals surface area contributed by atoms with Crippen LogP contribution in [0.4, 0.5) is 0 Å². The van der Waals surface area contributed by atoms with Crippen molar-refractivity contribution in [2.75, 3.05) is 13.2 Å². The summed E-state index contributed by atoms with van der Waals surface area (Å²) in [7, 11) is 0. The van der Waals surface area contributed by atoms with Gasteiger partial charge in [-0.1, -0.05) is 29.8 Å². The normalized spacial score (nSPS) is 23.0. The van der Waals surface area contributed by atoms with Gasteiger partial charge in [0.2, 0.25) is 0 Å². The van der Waals surface area contributed by atoms with Crippen LogP contribution in [0.1, 0.15) is 31.2 Å². The smallest absolute Gasteiger partial charge is 0.168 e. The molecule has 1 aromatic rings. The first-order chi connectivity index (χ1) is 9.27. The molecule has 1 saturated carbocycles. The molecule has 1 spiro atoms. The van der Waals surface area contributed by atoms with Gasteiger partial charge in [-0.25, -0.2) is 0 Å². The molecule has 1 heterocycles. The Morgan fingerprint density at radius 2 is 1.84 bits per heavy atom. The van der Waals surface area contributed by atoms with E-state index in [0.717, 1.165) is 56.0 Å². The zero-order chi connectivity index (χ0) is 13.1. The molecule has 1 aliphatic carbocycles. The molecule has 2 aliphatic rings. The molecule has 1 saturated heterocycles. The molecule has 0 bridgehead atoms. The van der Waals surface area contributed by atoms with Crippen LogP contribution < -0.4 is 5.32 Å². The number of rotatable bonds is 3. The van der Waals surface area contributed by atoms with Gasteiger partial charge in [-0.05, 0) is 24.5 Å². The Hall–Kier alpha value is -0.610. The highest BCUT2D eigenvalue weighted by atomic mass is 35.5. The van der Waals surface area contributed by atoms with Gasteiger partial charge in [0.25, 0.3) is 0 Å². The van der Waals surface area contributed by atoms with Crippen molar-refractivity contribution >= 4 is 11.6 Å². The van der Waals surface area contributed by atoms with Crippen LogP contribution in [0.5, 0.6) is 0 Å². The molecular formula is C15H20ClNO2. The van der Waals surface area contributed by atoms with E-state index in [-0.39, 0.29) is 5.79 Å². The van der Waals surface area contributed by atoms with E-state index < -0.39 is 0 Å². The van der Waals surface area contributed by atoms with Crippen LogP contribution in [0.2, 0.25) is 5.02 Å². The van der Waals surface area contributed by atoms with Gasteiger partial charge in [0.1, 0.15) is 0 Å². The first-order valence-corrected chi connectivity index (χ1v) is 7.40. The minimum atomic E-state index is -0.261. The van der Waals surface area contributed by atoms with E-state index in [0.29, 0.717) is 6.04 Å². The van der Waals surface area contributed by atoms with E-state index >= 15 is 0 Å². The molecule has 19 heavy (non-hydrogen) atoms. The van der Waals surface area contributed by atoms with Crippen molar-refractivity contribution in [1.82, 2.24) is 5.32 Å². The van der Waals surface area contributed by atoms with E-state index in [1.165, 1.54) is 0 Å². The molecule has 104 valence electrons. The van der Waals surface area contributed by atoms with E-state index in [2.05, 4.69) is 11.4 Å². The first-order valence-electron chi connectivity index (χ1n) is 7.02. The van der Waals surface area contributed by atoms with Crippen molar-refractivity contribution in [2.45, 2.75) is 44.1 Å². The molecule has 3 rings (SSSR count). The lowest BCUT2D eigenvalue weighted by atomic mass is 9.90. The third-order valence-electron chi connectivity index (χ3n) is 4.10. The van der Waals surface area contributed by atoms with Crippen LogP contribution in [-0.4, -0.2) is 25.0 Å². The second-order valence-electron chi connectivity index (χ2n) is 5.35. The highest BCUT2D eigenvalue weighted by Gasteiger charge is 2.40.